The molecule has 4 saturated carbocycles. The van der Waals surface area contributed by atoms with Gasteiger partial charge in [0, 0.05) is 17.6 Å². The fourth-order valence-corrected chi connectivity index (χ4v) is 8.43. The fraction of sp³-hybridized carbons (Fsp3) is 0.571. The quantitative estimate of drug-likeness (QED) is 0.397. The molecule has 0 aliphatic heterocycles. The van der Waals surface area contributed by atoms with E-state index in [9.17, 15) is 4.39 Å². The van der Waals surface area contributed by atoms with Gasteiger partial charge in [-0.25, -0.2) is 4.39 Å². The molecular weight excluding hydrogens is 481 g/mol. The maximum absolute atomic E-state index is 14.0. The monoisotopic (exact) mass is 515 g/mol. The Morgan fingerprint density at radius 2 is 1.76 bits per heavy atom. The number of hydrogen-bond acceptors (Lipinski definition) is 3. The first kappa shape index (κ1) is 23.2. The third-order valence-electron chi connectivity index (χ3n) is 7.99. The van der Waals surface area contributed by atoms with Gasteiger partial charge in [0.05, 0.1) is 11.1 Å². The highest BCUT2D eigenvalue weighted by molar-refractivity contribution is 9.10. The zero-order chi connectivity index (χ0) is 23.3. The lowest BCUT2D eigenvalue weighted by molar-refractivity contribution is -0.118. The molecule has 4 atom stereocenters. The number of hydrogen-bond donors (Lipinski definition) is 1. The minimum atomic E-state index is -0.259. The Kier molecular flexibility index (Phi) is 6.01. The van der Waals surface area contributed by atoms with E-state index in [1.807, 2.05) is 13.0 Å². The molecule has 178 valence electrons. The van der Waals surface area contributed by atoms with Gasteiger partial charge in [-0.1, -0.05) is 32.0 Å². The number of nitrogens with one attached hydrogen (secondary N) is 1. The zero-order valence-corrected chi connectivity index (χ0v) is 21.6. The number of halogens is 2. The molecule has 0 amide bonds. The lowest BCUT2D eigenvalue weighted by Crippen LogP contribution is -2.63. The van der Waals surface area contributed by atoms with Crippen molar-refractivity contribution >= 4 is 15.9 Å². The van der Waals surface area contributed by atoms with E-state index in [1.54, 1.807) is 12.1 Å². The summed E-state index contributed by atoms with van der Waals surface area (Å²) < 4.78 is 26.8. The van der Waals surface area contributed by atoms with Gasteiger partial charge in [0.1, 0.15) is 12.4 Å². The van der Waals surface area contributed by atoms with Gasteiger partial charge in [-0.05, 0) is 102 Å². The third kappa shape index (κ3) is 4.68. The summed E-state index contributed by atoms with van der Waals surface area (Å²) >= 11 is 3.68. The maximum atomic E-state index is 14.0. The van der Waals surface area contributed by atoms with E-state index in [0.717, 1.165) is 16.9 Å². The minimum absolute atomic E-state index is 0.157. The van der Waals surface area contributed by atoms with E-state index < -0.39 is 0 Å². The van der Waals surface area contributed by atoms with Gasteiger partial charge in [0.2, 0.25) is 0 Å². The van der Waals surface area contributed by atoms with Crippen molar-refractivity contribution in [2.24, 2.45) is 16.7 Å². The highest BCUT2D eigenvalue weighted by Gasteiger charge is 2.59. The van der Waals surface area contributed by atoms with Crippen molar-refractivity contribution in [1.29, 1.82) is 0 Å². The molecule has 0 saturated heterocycles. The van der Waals surface area contributed by atoms with Gasteiger partial charge in [-0.15, -0.1) is 0 Å². The molecule has 33 heavy (non-hydrogen) atoms. The molecule has 1 N–H and O–H groups in total. The Labute approximate surface area is 205 Å². The van der Waals surface area contributed by atoms with E-state index >= 15 is 0 Å². The van der Waals surface area contributed by atoms with Crippen molar-refractivity contribution in [1.82, 2.24) is 5.32 Å². The van der Waals surface area contributed by atoms with Gasteiger partial charge in [-0.2, -0.15) is 0 Å². The summed E-state index contributed by atoms with van der Waals surface area (Å²) in [6.07, 6.45) is 8.07. The van der Waals surface area contributed by atoms with Crippen LogP contribution in [0.25, 0.3) is 0 Å². The molecular formula is C28H35BrFNO2. The molecule has 4 aliphatic rings. The molecule has 5 heteroatoms. The molecule has 0 radical (unpaired) electrons. The molecule has 4 aliphatic carbocycles. The number of rotatable bonds is 8. The van der Waals surface area contributed by atoms with Crippen molar-refractivity contribution in [2.45, 2.75) is 78.0 Å². The summed E-state index contributed by atoms with van der Waals surface area (Å²) in [5.74, 6) is 1.93. The summed E-state index contributed by atoms with van der Waals surface area (Å²) in [6, 6.07) is 10.9. The molecule has 4 bridgehead atoms. The van der Waals surface area contributed by atoms with Crippen LogP contribution in [-0.4, -0.2) is 12.1 Å². The van der Waals surface area contributed by atoms with E-state index in [1.165, 1.54) is 50.2 Å². The van der Waals surface area contributed by atoms with E-state index in [0.29, 0.717) is 34.5 Å². The second-order valence-electron chi connectivity index (χ2n) is 11.5. The Morgan fingerprint density at radius 1 is 1.03 bits per heavy atom. The van der Waals surface area contributed by atoms with Gasteiger partial charge in [0.15, 0.2) is 11.5 Å². The van der Waals surface area contributed by atoms with Crippen LogP contribution in [-0.2, 0) is 13.2 Å². The fourth-order valence-electron chi connectivity index (χ4n) is 7.83. The maximum Gasteiger partial charge on any atom is 0.175 e. The first-order chi connectivity index (χ1) is 15.7. The summed E-state index contributed by atoms with van der Waals surface area (Å²) in [4.78, 5) is 0. The van der Waals surface area contributed by atoms with Crippen LogP contribution in [0.2, 0.25) is 0 Å². The van der Waals surface area contributed by atoms with Crippen LogP contribution >= 0.6 is 15.9 Å². The van der Waals surface area contributed by atoms with Crippen LogP contribution in [0.4, 0.5) is 4.39 Å². The molecule has 0 aromatic heterocycles. The van der Waals surface area contributed by atoms with Crippen LogP contribution < -0.4 is 14.8 Å². The summed E-state index contributed by atoms with van der Waals surface area (Å²) in [6.45, 7) is 8.50. The molecule has 0 spiro atoms. The van der Waals surface area contributed by atoms with Gasteiger partial charge in [0.25, 0.3) is 0 Å². The Morgan fingerprint density at radius 3 is 2.42 bits per heavy atom. The highest BCUT2D eigenvalue weighted by Crippen LogP contribution is 2.66. The molecule has 0 heterocycles. The van der Waals surface area contributed by atoms with Crippen LogP contribution in [0, 0.1) is 22.6 Å². The van der Waals surface area contributed by atoms with Crippen LogP contribution in [0.1, 0.15) is 70.4 Å². The smallest absolute Gasteiger partial charge is 0.175 e. The number of ether oxygens (including phenoxy) is 2. The van der Waals surface area contributed by atoms with Crippen LogP contribution in [0.3, 0.4) is 0 Å². The van der Waals surface area contributed by atoms with Gasteiger partial charge < -0.3 is 14.8 Å². The summed E-state index contributed by atoms with van der Waals surface area (Å²) in [5.41, 5.74) is 2.93. The molecule has 6 rings (SSSR count). The second-order valence-corrected chi connectivity index (χ2v) is 12.3. The predicted octanol–water partition coefficient (Wildman–Crippen LogP) is 7.40. The highest BCUT2D eigenvalue weighted by atomic mass is 79.9. The van der Waals surface area contributed by atoms with Crippen molar-refractivity contribution < 1.29 is 13.9 Å². The van der Waals surface area contributed by atoms with Gasteiger partial charge >= 0.3 is 0 Å². The average Bonchev–Trinajstić information content (AvgIpc) is 2.70. The first-order valence-corrected chi connectivity index (χ1v) is 13.1. The summed E-state index contributed by atoms with van der Waals surface area (Å²) in [5, 5.41) is 4.01. The minimum Gasteiger partial charge on any atom is -0.490 e. The molecule has 2 unspecified atom stereocenters. The van der Waals surface area contributed by atoms with Crippen molar-refractivity contribution in [3.05, 3.63) is 57.8 Å². The molecule has 2 aromatic carbocycles. The van der Waals surface area contributed by atoms with E-state index in [4.69, 9.17) is 9.47 Å². The number of benzene rings is 2. The first-order valence-electron chi connectivity index (χ1n) is 12.3. The molecule has 3 nitrogen and oxygen atoms in total. The van der Waals surface area contributed by atoms with Crippen LogP contribution in [0.15, 0.2) is 40.9 Å². The second kappa shape index (κ2) is 8.57. The SMILES string of the molecule is CCOc1cc(CNC23CC4C[C@@](C)(C2)C[C@](C)(C4)C3)cc(Br)c1OCc1ccccc1F. The summed E-state index contributed by atoms with van der Waals surface area (Å²) in [7, 11) is 0. The Balaban J connectivity index is 1.33. The zero-order valence-electron chi connectivity index (χ0n) is 20.0. The molecule has 4 fully saturated rings. The topological polar surface area (TPSA) is 30.5 Å². The average molecular weight is 516 g/mol. The largest absolute Gasteiger partial charge is 0.490 e. The normalized spacial score (nSPS) is 32.2. The van der Waals surface area contributed by atoms with Crippen molar-refractivity contribution in [2.75, 3.05) is 6.61 Å². The lowest BCUT2D eigenvalue weighted by atomic mass is 9.43. The molecule has 2 aromatic rings. The lowest BCUT2D eigenvalue weighted by Gasteiger charge is -2.65. The van der Waals surface area contributed by atoms with Crippen LogP contribution in [0.5, 0.6) is 11.5 Å². The predicted molar refractivity (Wildman–Crippen MR) is 133 cm³/mol. The third-order valence-corrected chi connectivity index (χ3v) is 8.58. The van der Waals surface area contributed by atoms with Crippen molar-refractivity contribution in [3.8, 4) is 11.5 Å². The van der Waals surface area contributed by atoms with E-state index in [2.05, 4.69) is 47.2 Å². The van der Waals surface area contributed by atoms with Gasteiger partial charge in [-0.3, -0.25) is 0 Å². The Bertz CT molecular complexity index is 1020. The standard InChI is InChI=1S/C28H35BrFNO2/c1-4-32-24-10-19(9-22(29)25(24)33-15-21-7-5-6-8-23(21)30)14-31-28-13-20-11-26(2,17-28)16-27(3,12-20)18-28/h5-10,20,31H,4,11-18H2,1-3H3/t20?,26-,27+,28?. The van der Waals surface area contributed by atoms with E-state index in [-0.39, 0.29) is 18.0 Å². The Hall–Kier alpha value is -1.59. The van der Waals surface area contributed by atoms with Crippen molar-refractivity contribution in [3.63, 3.8) is 0 Å².